The fourth-order valence-electron chi connectivity index (χ4n) is 2.65. The molecule has 1 aliphatic rings. The molecule has 0 unspecified atom stereocenters. The third kappa shape index (κ3) is 2.04. The van der Waals surface area contributed by atoms with Crippen LogP contribution in [0, 0.1) is 0 Å². The van der Waals surface area contributed by atoms with E-state index in [2.05, 4.69) is 10.3 Å². The number of aromatic amines is 1. The van der Waals surface area contributed by atoms with Gasteiger partial charge in [-0.25, -0.2) is 0 Å². The van der Waals surface area contributed by atoms with E-state index in [1.165, 1.54) is 0 Å². The number of hydrogen-bond acceptors (Lipinski definition) is 2. The molecule has 0 aliphatic carbocycles. The summed E-state index contributed by atoms with van der Waals surface area (Å²) >= 11 is 6.09. The van der Waals surface area contributed by atoms with Crippen molar-refractivity contribution in [1.29, 1.82) is 0 Å². The molecule has 94 valence electrons. The van der Waals surface area contributed by atoms with Gasteiger partial charge < -0.3 is 10.3 Å². The van der Waals surface area contributed by atoms with Crippen LogP contribution in [0.3, 0.4) is 0 Å². The highest BCUT2D eigenvalue weighted by atomic mass is 35.5. The number of halogens is 1. The molecule has 3 nitrogen and oxygen atoms in total. The molecule has 1 aromatic carbocycles. The average Bonchev–Trinajstić information content (AvgIpc) is 2.40. The Labute approximate surface area is 110 Å². The summed E-state index contributed by atoms with van der Waals surface area (Å²) in [5.74, 6) is 0.360. The third-order valence-corrected chi connectivity index (χ3v) is 3.95. The smallest absolute Gasteiger partial charge is 0.251 e. The number of nitrogens with one attached hydrogen (secondary N) is 2. The number of benzene rings is 1. The van der Waals surface area contributed by atoms with Gasteiger partial charge in [0.05, 0.1) is 10.5 Å². The van der Waals surface area contributed by atoms with Gasteiger partial charge in [-0.3, -0.25) is 4.79 Å². The first kappa shape index (κ1) is 11.8. The van der Waals surface area contributed by atoms with Crippen molar-refractivity contribution < 1.29 is 0 Å². The highest BCUT2D eigenvalue weighted by Crippen LogP contribution is 2.26. The summed E-state index contributed by atoms with van der Waals surface area (Å²) in [6.07, 6.45) is 2.05. The molecule has 0 atom stereocenters. The molecular formula is C14H15ClN2O. The summed E-state index contributed by atoms with van der Waals surface area (Å²) in [6, 6.07) is 7.69. The van der Waals surface area contributed by atoms with E-state index < -0.39 is 0 Å². The Morgan fingerprint density at radius 1 is 1.22 bits per heavy atom. The lowest BCUT2D eigenvalue weighted by molar-refractivity contribution is 0.458. The minimum atomic E-state index is 0.00231. The van der Waals surface area contributed by atoms with Gasteiger partial charge in [-0.2, -0.15) is 0 Å². The highest BCUT2D eigenvalue weighted by Gasteiger charge is 2.18. The lowest BCUT2D eigenvalue weighted by Gasteiger charge is -2.22. The van der Waals surface area contributed by atoms with Crippen molar-refractivity contribution in [2.24, 2.45) is 0 Å². The van der Waals surface area contributed by atoms with Crippen molar-refractivity contribution in [3.8, 4) is 0 Å². The van der Waals surface area contributed by atoms with Gasteiger partial charge in [0, 0.05) is 10.9 Å². The molecule has 2 heterocycles. The van der Waals surface area contributed by atoms with Crippen LogP contribution in [-0.4, -0.2) is 18.1 Å². The summed E-state index contributed by atoms with van der Waals surface area (Å²) in [6.45, 7) is 1.97. The minimum Gasteiger partial charge on any atom is -0.320 e. The van der Waals surface area contributed by atoms with Gasteiger partial charge in [-0.05, 0) is 44.0 Å². The maximum Gasteiger partial charge on any atom is 0.251 e. The summed E-state index contributed by atoms with van der Waals surface area (Å²) in [5, 5.41) is 4.93. The predicted molar refractivity (Wildman–Crippen MR) is 74.4 cm³/mol. The molecule has 4 heteroatoms. The van der Waals surface area contributed by atoms with Crippen LogP contribution in [-0.2, 0) is 0 Å². The number of para-hydroxylation sites is 1. The van der Waals surface area contributed by atoms with E-state index in [-0.39, 0.29) is 5.56 Å². The zero-order valence-corrected chi connectivity index (χ0v) is 10.8. The molecule has 0 spiro atoms. The van der Waals surface area contributed by atoms with Crippen molar-refractivity contribution in [2.45, 2.75) is 18.8 Å². The van der Waals surface area contributed by atoms with Crippen molar-refractivity contribution >= 4 is 22.5 Å². The van der Waals surface area contributed by atoms with Crippen LogP contribution in [0.5, 0.6) is 0 Å². The Morgan fingerprint density at radius 2 is 2.00 bits per heavy atom. The SMILES string of the molecule is O=c1[nH]c2c(Cl)cccc2cc1C1CCNCC1. The van der Waals surface area contributed by atoms with Crippen LogP contribution in [0.2, 0.25) is 5.02 Å². The molecule has 0 amide bonds. The lowest BCUT2D eigenvalue weighted by atomic mass is 9.90. The second-order valence-electron chi connectivity index (χ2n) is 4.78. The van der Waals surface area contributed by atoms with Crippen LogP contribution >= 0.6 is 11.6 Å². The number of hydrogen-bond donors (Lipinski definition) is 2. The molecule has 0 radical (unpaired) electrons. The first-order valence-corrected chi connectivity index (χ1v) is 6.65. The number of aromatic nitrogens is 1. The average molecular weight is 263 g/mol. The van der Waals surface area contributed by atoms with Crippen molar-refractivity contribution in [2.75, 3.05) is 13.1 Å². The third-order valence-electron chi connectivity index (χ3n) is 3.64. The molecule has 3 rings (SSSR count). The van der Waals surface area contributed by atoms with Gasteiger partial charge >= 0.3 is 0 Å². The van der Waals surface area contributed by atoms with E-state index >= 15 is 0 Å². The molecule has 18 heavy (non-hydrogen) atoms. The Morgan fingerprint density at radius 3 is 2.78 bits per heavy atom. The van der Waals surface area contributed by atoms with Crippen LogP contribution in [0.1, 0.15) is 24.3 Å². The van der Waals surface area contributed by atoms with Crippen LogP contribution in [0.15, 0.2) is 29.1 Å². The minimum absolute atomic E-state index is 0.00231. The van der Waals surface area contributed by atoms with Gasteiger partial charge in [0.2, 0.25) is 0 Å². The second-order valence-corrected chi connectivity index (χ2v) is 5.19. The number of fused-ring (bicyclic) bond motifs is 1. The fraction of sp³-hybridized carbons (Fsp3) is 0.357. The summed E-state index contributed by atoms with van der Waals surface area (Å²) in [4.78, 5) is 15.1. The summed E-state index contributed by atoms with van der Waals surface area (Å²) < 4.78 is 0. The maximum atomic E-state index is 12.2. The molecule has 2 aromatic rings. The summed E-state index contributed by atoms with van der Waals surface area (Å²) in [5.41, 5.74) is 1.63. The van der Waals surface area contributed by atoms with Crippen molar-refractivity contribution in [1.82, 2.24) is 10.3 Å². The molecule has 2 N–H and O–H groups in total. The largest absolute Gasteiger partial charge is 0.320 e. The molecule has 1 saturated heterocycles. The predicted octanol–water partition coefficient (Wildman–Crippen LogP) is 2.65. The highest BCUT2D eigenvalue weighted by molar-refractivity contribution is 6.35. The van der Waals surface area contributed by atoms with Crippen molar-refractivity contribution in [3.63, 3.8) is 0 Å². The van der Waals surface area contributed by atoms with Crippen LogP contribution in [0.25, 0.3) is 10.9 Å². The van der Waals surface area contributed by atoms with E-state index in [1.807, 2.05) is 18.2 Å². The van der Waals surface area contributed by atoms with Crippen molar-refractivity contribution in [3.05, 3.63) is 45.2 Å². The van der Waals surface area contributed by atoms with E-state index in [9.17, 15) is 4.79 Å². The van der Waals surface area contributed by atoms with Crippen LogP contribution in [0.4, 0.5) is 0 Å². The van der Waals surface area contributed by atoms with Gasteiger partial charge in [-0.15, -0.1) is 0 Å². The molecule has 1 fully saturated rings. The lowest BCUT2D eigenvalue weighted by Crippen LogP contribution is -2.29. The molecule has 1 aromatic heterocycles. The molecule has 0 bridgehead atoms. The van der Waals surface area contributed by atoms with E-state index in [4.69, 9.17) is 11.6 Å². The zero-order valence-electron chi connectivity index (χ0n) is 10.0. The number of piperidine rings is 1. The number of H-pyrrole nitrogens is 1. The van der Waals surface area contributed by atoms with Crippen LogP contribution < -0.4 is 10.9 Å². The summed E-state index contributed by atoms with van der Waals surface area (Å²) in [7, 11) is 0. The Hall–Kier alpha value is -1.32. The Bertz CT molecular complexity index is 629. The van der Waals surface area contributed by atoms with E-state index in [0.29, 0.717) is 10.9 Å². The maximum absolute atomic E-state index is 12.2. The first-order chi connectivity index (χ1) is 8.75. The van der Waals surface area contributed by atoms with Gasteiger partial charge in [0.25, 0.3) is 5.56 Å². The Kier molecular flexibility index (Phi) is 3.10. The van der Waals surface area contributed by atoms with E-state index in [0.717, 1.165) is 42.4 Å². The first-order valence-electron chi connectivity index (χ1n) is 6.28. The zero-order chi connectivity index (χ0) is 12.5. The quantitative estimate of drug-likeness (QED) is 0.830. The fourth-order valence-corrected chi connectivity index (χ4v) is 2.88. The topological polar surface area (TPSA) is 44.9 Å². The second kappa shape index (κ2) is 4.75. The van der Waals surface area contributed by atoms with Gasteiger partial charge in [0.1, 0.15) is 0 Å². The van der Waals surface area contributed by atoms with Gasteiger partial charge in [0.15, 0.2) is 0 Å². The molecule has 0 saturated carbocycles. The molecular weight excluding hydrogens is 248 g/mol. The monoisotopic (exact) mass is 262 g/mol. The van der Waals surface area contributed by atoms with Gasteiger partial charge in [-0.1, -0.05) is 23.7 Å². The number of rotatable bonds is 1. The molecule has 1 aliphatic heterocycles. The Balaban J connectivity index is 2.12. The standard InChI is InChI=1S/C14H15ClN2O/c15-12-3-1-2-10-8-11(14(18)17-13(10)12)9-4-6-16-7-5-9/h1-3,8-9,16H,4-7H2,(H,17,18). The normalized spacial score (nSPS) is 17.2. The van der Waals surface area contributed by atoms with E-state index in [1.54, 1.807) is 6.07 Å². The number of pyridine rings is 1.